The quantitative estimate of drug-likeness (QED) is 0.144. The van der Waals surface area contributed by atoms with Crippen LogP contribution in [0.15, 0.2) is 57.4 Å². The number of hydrogen-bond acceptors (Lipinski definition) is 8. The molecule has 0 spiro atoms. The lowest BCUT2D eigenvalue weighted by Crippen LogP contribution is -2.04. The van der Waals surface area contributed by atoms with Gasteiger partial charge in [-0.15, -0.1) is 0 Å². The van der Waals surface area contributed by atoms with E-state index in [2.05, 4.69) is 16.9 Å². The number of furan rings is 1. The van der Waals surface area contributed by atoms with E-state index in [1.165, 1.54) is 13.0 Å². The third kappa shape index (κ3) is 4.66. The molecule has 1 heterocycles. The molecule has 2 aromatic carbocycles. The second kappa shape index (κ2) is 9.42. The molecule has 1 aromatic heterocycles. The lowest BCUT2D eigenvalue weighted by Gasteiger charge is -2.05. The van der Waals surface area contributed by atoms with E-state index in [0.29, 0.717) is 51.9 Å². The average Bonchev–Trinajstić information content (AvgIpc) is 3.11. The minimum atomic E-state index is -0.576. The van der Waals surface area contributed by atoms with Gasteiger partial charge in [0.1, 0.15) is 11.3 Å². The first-order valence-electron chi connectivity index (χ1n) is 10.0. The maximum Gasteiger partial charge on any atom is 0.331 e. The number of carbonyl (C=O) groups is 1. The molecule has 32 heavy (non-hydrogen) atoms. The normalized spacial score (nSPS) is 12.2. The van der Waals surface area contributed by atoms with Gasteiger partial charge in [-0.05, 0) is 44.0 Å². The summed E-state index contributed by atoms with van der Waals surface area (Å²) in [6, 6.07) is 8.54. The number of oxime groups is 2. The average molecular weight is 437 g/mol. The summed E-state index contributed by atoms with van der Waals surface area (Å²) < 4.78 is 5.83. The van der Waals surface area contributed by atoms with Gasteiger partial charge in [0.05, 0.1) is 16.3 Å². The van der Waals surface area contributed by atoms with E-state index in [1.54, 1.807) is 19.1 Å². The van der Waals surface area contributed by atoms with Crippen molar-refractivity contribution in [2.24, 2.45) is 10.3 Å². The van der Waals surface area contributed by atoms with Crippen LogP contribution in [-0.4, -0.2) is 22.3 Å². The second-order valence-corrected chi connectivity index (χ2v) is 7.10. The van der Waals surface area contributed by atoms with Crippen LogP contribution < -0.4 is 0 Å². The van der Waals surface area contributed by atoms with E-state index >= 15 is 0 Å². The first-order valence-corrected chi connectivity index (χ1v) is 10.0. The number of allylic oxidation sites excluding steroid dienone is 1. The van der Waals surface area contributed by atoms with Crippen LogP contribution in [0.5, 0.6) is 0 Å². The molecule has 0 saturated carbocycles. The summed E-state index contributed by atoms with van der Waals surface area (Å²) in [7, 11) is 0. The molecule has 0 unspecified atom stereocenters. The second-order valence-electron chi connectivity index (χ2n) is 7.10. The Hall–Kier alpha value is -4.01. The fourth-order valence-corrected chi connectivity index (χ4v) is 3.24. The Morgan fingerprint density at radius 3 is 2.25 bits per heavy atom. The predicted octanol–water partition coefficient (Wildman–Crippen LogP) is 5.84. The minimum Gasteiger partial charge on any atom is -0.449 e. The van der Waals surface area contributed by atoms with E-state index in [9.17, 15) is 14.9 Å². The molecule has 0 saturated heterocycles. The van der Waals surface area contributed by atoms with Gasteiger partial charge in [0.25, 0.3) is 0 Å². The molecule has 0 aliphatic carbocycles. The summed E-state index contributed by atoms with van der Waals surface area (Å²) in [5.74, 6) is -0.112. The molecule has 0 radical (unpaired) electrons. The number of nitro benzene ring substituents is 1. The number of fused-ring (bicyclic) bond motifs is 3. The number of rotatable bonds is 8. The number of hydrogen-bond donors (Lipinski definition) is 0. The van der Waals surface area contributed by atoms with Crippen molar-refractivity contribution in [3.8, 4) is 0 Å². The van der Waals surface area contributed by atoms with Crippen molar-refractivity contribution >= 4 is 45.0 Å². The summed E-state index contributed by atoms with van der Waals surface area (Å²) in [5.41, 5.74) is 2.81. The van der Waals surface area contributed by atoms with Crippen LogP contribution in [0.1, 0.15) is 51.7 Å². The number of nitrogens with zero attached hydrogens (tertiary/aromatic N) is 3. The van der Waals surface area contributed by atoms with Gasteiger partial charge in [-0.2, -0.15) is 0 Å². The first kappa shape index (κ1) is 22.7. The number of carbonyl (C=O) groups excluding carboxylic acids is 1. The predicted molar refractivity (Wildman–Crippen MR) is 122 cm³/mol. The van der Waals surface area contributed by atoms with E-state index in [-0.39, 0.29) is 11.3 Å². The van der Waals surface area contributed by atoms with Gasteiger partial charge < -0.3 is 14.1 Å². The third-order valence-corrected chi connectivity index (χ3v) is 4.68. The summed E-state index contributed by atoms with van der Waals surface area (Å²) in [4.78, 5) is 32.4. The molecule has 9 nitrogen and oxygen atoms in total. The Bertz CT molecular complexity index is 1290. The van der Waals surface area contributed by atoms with E-state index in [0.717, 1.165) is 5.56 Å². The van der Waals surface area contributed by atoms with Gasteiger partial charge in [-0.1, -0.05) is 30.7 Å². The van der Waals surface area contributed by atoms with Gasteiger partial charge >= 0.3 is 11.7 Å². The zero-order chi connectivity index (χ0) is 23.4. The van der Waals surface area contributed by atoms with Crippen molar-refractivity contribution in [1.29, 1.82) is 0 Å². The van der Waals surface area contributed by atoms with Gasteiger partial charge in [-0.25, -0.2) is 4.79 Å². The van der Waals surface area contributed by atoms with Crippen LogP contribution in [0.25, 0.3) is 21.9 Å². The SMILES string of the molecule is C=C(C)O/N=C(\CC)c1ccc2oc3c([N+](=O)[O-])cc(/C(CC)=N/OC(C)=O)cc3c2c1. The van der Waals surface area contributed by atoms with Crippen molar-refractivity contribution in [3.05, 3.63) is 63.9 Å². The highest BCUT2D eigenvalue weighted by molar-refractivity contribution is 6.14. The standard InChI is InChI=1S/C23H23N3O6/c1-6-19(24-31-13(3)4)15-8-9-22-17(10-15)18-11-16(20(7-2)25-32-14(5)27)12-21(26(28)29)23(18)30-22/h8-12H,3,6-7H2,1-2,4-5H3/b24-19+,25-20+. The maximum absolute atomic E-state index is 11.8. The highest BCUT2D eigenvalue weighted by atomic mass is 16.7. The summed E-state index contributed by atoms with van der Waals surface area (Å²) >= 11 is 0. The zero-order valence-corrected chi connectivity index (χ0v) is 18.3. The zero-order valence-electron chi connectivity index (χ0n) is 18.3. The van der Waals surface area contributed by atoms with Crippen LogP contribution in [-0.2, 0) is 14.5 Å². The van der Waals surface area contributed by atoms with Crippen molar-refractivity contribution in [2.75, 3.05) is 0 Å². The minimum absolute atomic E-state index is 0.155. The van der Waals surface area contributed by atoms with Crippen LogP contribution in [0.2, 0.25) is 0 Å². The van der Waals surface area contributed by atoms with Crippen LogP contribution in [0.4, 0.5) is 5.69 Å². The van der Waals surface area contributed by atoms with E-state index < -0.39 is 10.9 Å². The molecule has 3 aromatic rings. The molecule has 0 bridgehead atoms. The van der Waals surface area contributed by atoms with Crippen molar-refractivity contribution in [1.82, 2.24) is 0 Å². The monoisotopic (exact) mass is 437 g/mol. The van der Waals surface area contributed by atoms with E-state index in [4.69, 9.17) is 14.1 Å². The third-order valence-electron chi connectivity index (χ3n) is 4.68. The Morgan fingerprint density at radius 2 is 1.66 bits per heavy atom. The molecule has 0 fully saturated rings. The van der Waals surface area contributed by atoms with Gasteiger partial charge in [0, 0.05) is 34.9 Å². The van der Waals surface area contributed by atoms with Gasteiger partial charge in [0.2, 0.25) is 5.58 Å². The Balaban J connectivity index is 2.26. The van der Waals surface area contributed by atoms with Crippen LogP contribution in [0.3, 0.4) is 0 Å². The summed E-state index contributed by atoms with van der Waals surface area (Å²) in [5, 5.41) is 21.0. The lowest BCUT2D eigenvalue weighted by atomic mass is 10.0. The maximum atomic E-state index is 11.8. The molecule has 0 atom stereocenters. The molecule has 0 amide bonds. The van der Waals surface area contributed by atoms with Gasteiger partial charge in [0.15, 0.2) is 0 Å². The van der Waals surface area contributed by atoms with Crippen molar-refractivity contribution < 1.29 is 23.8 Å². The molecule has 0 aliphatic rings. The molecule has 0 aliphatic heterocycles. The summed E-state index contributed by atoms with van der Waals surface area (Å²) in [6.45, 7) is 10.4. The van der Waals surface area contributed by atoms with Gasteiger partial charge in [-0.3, -0.25) is 10.1 Å². The number of nitro groups is 1. The Morgan fingerprint density at radius 1 is 1.03 bits per heavy atom. The first-order chi connectivity index (χ1) is 15.2. The van der Waals surface area contributed by atoms with E-state index in [1.807, 2.05) is 26.0 Å². The topological polar surface area (TPSA) is 117 Å². The molecular formula is C23H23N3O6. The number of non-ortho nitro benzene ring substituents is 1. The molecular weight excluding hydrogens is 414 g/mol. The fourth-order valence-electron chi connectivity index (χ4n) is 3.24. The lowest BCUT2D eigenvalue weighted by molar-refractivity contribution is -0.383. The summed E-state index contributed by atoms with van der Waals surface area (Å²) in [6.07, 6.45) is 1.01. The van der Waals surface area contributed by atoms with Crippen LogP contribution in [0, 0.1) is 10.1 Å². The van der Waals surface area contributed by atoms with Crippen molar-refractivity contribution in [2.45, 2.75) is 40.5 Å². The van der Waals surface area contributed by atoms with Crippen molar-refractivity contribution in [3.63, 3.8) is 0 Å². The highest BCUT2D eigenvalue weighted by Crippen LogP contribution is 2.36. The highest BCUT2D eigenvalue weighted by Gasteiger charge is 2.22. The molecule has 9 heteroatoms. The number of benzene rings is 2. The fraction of sp³-hybridized carbons (Fsp3) is 0.261. The Kier molecular flexibility index (Phi) is 6.67. The largest absolute Gasteiger partial charge is 0.449 e. The Labute approximate surface area is 184 Å². The molecule has 166 valence electrons. The smallest absolute Gasteiger partial charge is 0.331 e. The molecule has 3 rings (SSSR count). The molecule has 0 N–H and O–H groups in total. The van der Waals surface area contributed by atoms with Crippen LogP contribution >= 0.6 is 0 Å².